The lowest BCUT2D eigenvalue weighted by Crippen LogP contribution is -2.15. The lowest BCUT2D eigenvalue weighted by molar-refractivity contribution is -0.138. The van der Waals surface area contributed by atoms with Crippen LogP contribution in [0, 0.1) is 0 Å². The molecule has 0 radical (unpaired) electrons. The second-order valence-corrected chi connectivity index (χ2v) is 5.84. The highest BCUT2D eigenvalue weighted by Crippen LogP contribution is 2.26. The topological polar surface area (TPSA) is 64.6 Å². The van der Waals surface area contributed by atoms with Crippen LogP contribution in [0.25, 0.3) is 21.9 Å². The number of hydrogen-bond donors (Lipinski definition) is 1. The number of anilines is 1. The van der Waals surface area contributed by atoms with E-state index >= 15 is 0 Å². The number of methoxy groups -OCH3 is 2. The minimum Gasteiger partial charge on any atom is -0.466 e. The second kappa shape index (κ2) is 8.19. The number of esters is 2. The first-order valence-electron chi connectivity index (χ1n) is 8.35. The second-order valence-electron chi connectivity index (χ2n) is 5.84. The highest BCUT2D eigenvalue weighted by Gasteiger charge is 2.12. The molecule has 0 bridgehead atoms. The number of ether oxygens (including phenoxy) is 2. The van der Waals surface area contributed by atoms with Gasteiger partial charge in [0.25, 0.3) is 0 Å². The summed E-state index contributed by atoms with van der Waals surface area (Å²) in [5, 5.41) is 5.25. The number of hydrogen-bond acceptors (Lipinski definition) is 5. The van der Waals surface area contributed by atoms with Crippen molar-refractivity contribution in [3.8, 4) is 11.1 Å². The largest absolute Gasteiger partial charge is 0.466 e. The van der Waals surface area contributed by atoms with Crippen LogP contribution in [-0.2, 0) is 19.1 Å². The van der Waals surface area contributed by atoms with Gasteiger partial charge in [-0.15, -0.1) is 0 Å². The summed E-state index contributed by atoms with van der Waals surface area (Å²) in [4.78, 5) is 23.3. The highest BCUT2D eigenvalue weighted by atomic mass is 16.5. The van der Waals surface area contributed by atoms with Crippen molar-refractivity contribution in [3.63, 3.8) is 0 Å². The summed E-state index contributed by atoms with van der Waals surface area (Å²) in [7, 11) is 2.49. The van der Waals surface area contributed by atoms with E-state index in [1.165, 1.54) is 25.0 Å². The summed E-state index contributed by atoms with van der Waals surface area (Å²) in [6.45, 7) is 0. The Bertz CT molecular complexity index is 1010. The normalized spacial score (nSPS) is 11.1. The van der Waals surface area contributed by atoms with Crippen LogP contribution in [-0.4, -0.2) is 26.2 Å². The fraction of sp³-hybridized carbons (Fsp3) is 0.0909. The Kier molecular flexibility index (Phi) is 5.52. The lowest BCUT2D eigenvalue weighted by atomic mass is 10.0. The molecule has 0 saturated heterocycles. The van der Waals surface area contributed by atoms with Crippen molar-refractivity contribution in [3.05, 3.63) is 78.5 Å². The fourth-order valence-electron chi connectivity index (χ4n) is 2.70. The van der Waals surface area contributed by atoms with Gasteiger partial charge < -0.3 is 14.8 Å². The van der Waals surface area contributed by atoms with Gasteiger partial charge in [-0.1, -0.05) is 48.5 Å². The Morgan fingerprint density at radius 2 is 1.48 bits per heavy atom. The van der Waals surface area contributed by atoms with Gasteiger partial charge in [-0.3, -0.25) is 0 Å². The zero-order chi connectivity index (χ0) is 19.2. The van der Waals surface area contributed by atoms with E-state index in [1.54, 1.807) is 0 Å². The van der Waals surface area contributed by atoms with E-state index in [0.29, 0.717) is 5.69 Å². The molecule has 0 fully saturated rings. The number of benzene rings is 3. The van der Waals surface area contributed by atoms with E-state index in [1.807, 2.05) is 36.4 Å². The third-order valence-corrected chi connectivity index (χ3v) is 4.12. The Morgan fingerprint density at radius 1 is 0.815 bits per heavy atom. The van der Waals surface area contributed by atoms with Crippen molar-refractivity contribution < 1.29 is 19.1 Å². The van der Waals surface area contributed by atoms with Crippen molar-refractivity contribution in [2.75, 3.05) is 19.5 Å². The molecular formula is C22H19NO4. The summed E-state index contributed by atoms with van der Waals surface area (Å²) < 4.78 is 9.25. The summed E-state index contributed by atoms with van der Waals surface area (Å²) in [5.74, 6) is -1.30. The highest BCUT2D eigenvalue weighted by molar-refractivity contribution is 5.98. The maximum absolute atomic E-state index is 11.8. The Balaban J connectivity index is 1.84. The van der Waals surface area contributed by atoms with Crippen LogP contribution >= 0.6 is 0 Å². The van der Waals surface area contributed by atoms with Gasteiger partial charge in [0.2, 0.25) is 0 Å². The summed E-state index contributed by atoms with van der Waals surface area (Å²) in [6, 6.07) is 22.0. The molecule has 0 aromatic heterocycles. The molecule has 0 atom stereocenters. The number of carbonyl (C=O) groups is 2. The van der Waals surface area contributed by atoms with E-state index in [2.05, 4.69) is 45.1 Å². The van der Waals surface area contributed by atoms with E-state index in [0.717, 1.165) is 17.2 Å². The third-order valence-electron chi connectivity index (χ3n) is 4.12. The van der Waals surface area contributed by atoms with Gasteiger partial charge in [-0.25, -0.2) is 9.59 Å². The van der Waals surface area contributed by atoms with Crippen LogP contribution in [0.4, 0.5) is 5.69 Å². The maximum atomic E-state index is 11.8. The molecule has 0 heterocycles. The van der Waals surface area contributed by atoms with Crippen LogP contribution in [0.2, 0.25) is 0 Å². The molecule has 3 aromatic carbocycles. The predicted octanol–water partition coefficient (Wildman–Crippen LogP) is 4.15. The van der Waals surface area contributed by atoms with Crippen LogP contribution in [0.5, 0.6) is 0 Å². The van der Waals surface area contributed by atoms with E-state index in [4.69, 9.17) is 0 Å². The molecular weight excluding hydrogens is 342 g/mol. The molecule has 27 heavy (non-hydrogen) atoms. The predicted molar refractivity (Wildman–Crippen MR) is 105 cm³/mol. The number of fused-ring (bicyclic) bond motifs is 1. The van der Waals surface area contributed by atoms with Crippen LogP contribution in [0.3, 0.4) is 0 Å². The molecule has 0 saturated carbocycles. The average Bonchev–Trinajstić information content (AvgIpc) is 2.72. The Labute approximate surface area is 157 Å². The monoisotopic (exact) mass is 361 g/mol. The lowest BCUT2D eigenvalue weighted by Gasteiger charge is -2.10. The van der Waals surface area contributed by atoms with Gasteiger partial charge in [-0.2, -0.15) is 0 Å². The van der Waals surface area contributed by atoms with Crippen molar-refractivity contribution in [2.45, 2.75) is 0 Å². The van der Waals surface area contributed by atoms with Crippen molar-refractivity contribution in [2.24, 2.45) is 0 Å². The average molecular weight is 361 g/mol. The van der Waals surface area contributed by atoms with Crippen LogP contribution in [0.1, 0.15) is 0 Å². The molecule has 136 valence electrons. The zero-order valence-corrected chi connectivity index (χ0v) is 15.1. The third kappa shape index (κ3) is 4.33. The zero-order valence-electron chi connectivity index (χ0n) is 15.1. The quantitative estimate of drug-likeness (QED) is 0.546. The summed E-state index contributed by atoms with van der Waals surface area (Å²) in [5.41, 5.74) is 2.80. The Hall–Kier alpha value is -3.60. The first-order valence-corrected chi connectivity index (χ1v) is 8.35. The fourth-order valence-corrected chi connectivity index (χ4v) is 2.70. The minimum atomic E-state index is -0.654. The van der Waals surface area contributed by atoms with E-state index in [9.17, 15) is 9.59 Å². The molecule has 0 aliphatic carbocycles. The standard InChI is InChI=1S/C22H19NO4/c1-26-21(24)14-20(22(25)27-2)23-19-11-9-16(10-12-19)18-8-7-15-5-3-4-6-17(15)13-18/h3-14,23H,1-2H3/b20-14+. The molecule has 5 heteroatoms. The number of carbonyl (C=O) groups excluding carboxylic acids is 2. The smallest absolute Gasteiger partial charge is 0.354 e. The van der Waals surface area contributed by atoms with Crippen LogP contribution in [0.15, 0.2) is 78.5 Å². The Morgan fingerprint density at radius 3 is 2.15 bits per heavy atom. The van der Waals surface area contributed by atoms with Gasteiger partial charge in [0.15, 0.2) is 0 Å². The van der Waals surface area contributed by atoms with E-state index < -0.39 is 11.9 Å². The molecule has 5 nitrogen and oxygen atoms in total. The van der Waals surface area contributed by atoms with Crippen LogP contribution < -0.4 is 5.32 Å². The number of nitrogens with one attached hydrogen (secondary N) is 1. The first kappa shape index (κ1) is 18.2. The molecule has 0 amide bonds. The molecule has 0 aliphatic rings. The molecule has 3 rings (SSSR count). The van der Waals surface area contributed by atoms with Gasteiger partial charge >= 0.3 is 11.9 Å². The molecule has 3 aromatic rings. The molecule has 0 spiro atoms. The maximum Gasteiger partial charge on any atom is 0.354 e. The molecule has 0 aliphatic heterocycles. The summed E-state index contributed by atoms with van der Waals surface area (Å²) >= 11 is 0. The molecule has 1 N–H and O–H groups in total. The first-order chi connectivity index (χ1) is 13.1. The van der Waals surface area contributed by atoms with Crippen molar-refractivity contribution in [1.29, 1.82) is 0 Å². The van der Waals surface area contributed by atoms with Gasteiger partial charge in [0.05, 0.1) is 20.3 Å². The summed E-state index contributed by atoms with van der Waals surface area (Å²) in [6.07, 6.45) is 1.06. The van der Waals surface area contributed by atoms with Crippen molar-refractivity contribution >= 4 is 28.4 Å². The van der Waals surface area contributed by atoms with Gasteiger partial charge in [0, 0.05) is 5.69 Å². The SMILES string of the molecule is COC(=O)/C=C(/Nc1ccc(-c2ccc3ccccc3c2)cc1)C(=O)OC. The molecule has 0 unspecified atom stereocenters. The van der Waals surface area contributed by atoms with Gasteiger partial charge in [-0.05, 0) is 40.1 Å². The van der Waals surface area contributed by atoms with E-state index in [-0.39, 0.29) is 5.70 Å². The number of rotatable bonds is 5. The minimum absolute atomic E-state index is 0.00260. The van der Waals surface area contributed by atoms with Gasteiger partial charge in [0.1, 0.15) is 5.70 Å². The van der Waals surface area contributed by atoms with Crippen molar-refractivity contribution in [1.82, 2.24) is 0 Å².